The molecule has 3 nitrogen and oxygen atoms in total. The average Bonchev–Trinajstić information content (AvgIpc) is 2.85. The van der Waals surface area contributed by atoms with Crippen molar-refractivity contribution in [2.45, 2.75) is 32.4 Å². The summed E-state index contributed by atoms with van der Waals surface area (Å²) in [6, 6.07) is 6.06. The molecule has 1 aromatic heterocycles. The van der Waals surface area contributed by atoms with E-state index in [9.17, 15) is 0 Å². The Morgan fingerprint density at radius 3 is 2.39 bits per heavy atom. The molecule has 1 heterocycles. The fourth-order valence-corrected chi connectivity index (χ4v) is 2.10. The minimum atomic E-state index is 0.0139. The van der Waals surface area contributed by atoms with Crippen LogP contribution >= 0.6 is 12.0 Å². The predicted molar refractivity (Wildman–Crippen MR) is 105 cm³/mol. The fraction of sp³-hybridized carbons (Fsp3) is 0.316. The number of hydrogen-bond acceptors (Lipinski definition) is 3. The van der Waals surface area contributed by atoms with Crippen molar-refractivity contribution in [1.82, 2.24) is 4.57 Å². The Hall–Kier alpha value is -1.78. The van der Waals surface area contributed by atoms with E-state index in [0.717, 1.165) is 28.7 Å². The van der Waals surface area contributed by atoms with Crippen molar-refractivity contribution in [3.63, 3.8) is 0 Å². The van der Waals surface area contributed by atoms with E-state index in [4.69, 9.17) is 9.96 Å². The zero-order chi connectivity index (χ0) is 17.6. The lowest BCUT2D eigenvalue weighted by Crippen LogP contribution is -2.04. The summed E-state index contributed by atoms with van der Waals surface area (Å²) in [5.74, 6) is 0. The number of hydrogen-bond donors (Lipinski definition) is 2. The van der Waals surface area contributed by atoms with Crippen LogP contribution in [0.3, 0.4) is 0 Å². The standard InChI is InChI=1S/C15H16N2.C4H10OS/c1-4-12(5-2)14-10-17(3)15-8-11(9-16)6-7-13(14)15;1-4(2,3)6-5/h4-10,16H,1H2,2-3H3;5H,1-3H3/b12-5+,16-9?;. The molecule has 0 radical (unpaired) electrons. The number of aromatic nitrogens is 1. The normalized spacial score (nSPS) is 11.8. The third kappa shape index (κ3) is 5.12. The van der Waals surface area contributed by atoms with E-state index < -0.39 is 0 Å². The molecule has 0 fully saturated rings. The van der Waals surface area contributed by atoms with Crippen LogP contribution in [0.15, 0.2) is 43.1 Å². The third-order valence-corrected chi connectivity index (χ3v) is 3.84. The molecule has 4 heteroatoms. The van der Waals surface area contributed by atoms with Crippen LogP contribution in [-0.4, -0.2) is 20.1 Å². The van der Waals surface area contributed by atoms with E-state index in [2.05, 4.69) is 29.5 Å². The summed E-state index contributed by atoms with van der Waals surface area (Å²) in [4.78, 5) is 0. The van der Waals surface area contributed by atoms with Gasteiger partial charge in [-0.3, -0.25) is 0 Å². The van der Waals surface area contributed by atoms with Gasteiger partial charge in [-0.05, 0) is 56.9 Å². The average molecular weight is 330 g/mol. The topological polar surface area (TPSA) is 49.0 Å². The maximum absolute atomic E-state index is 8.32. The van der Waals surface area contributed by atoms with Gasteiger partial charge in [0.15, 0.2) is 0 Å². The molecule has 1 aromatic carbocycles. The quantitative estimate of drug-likeness (QED) is 0.427. The number of benzene rings is 1. The first-order valence-electron chi connectivity index (χ1n) is 7.48. The number of nitrogens with zero attached hydrogens (tertiary/aromatic N) is 1. The van der Waals surface area contributed by atoms with Crippen molar-refractivity contribution in [3.05, 3.63) is 54.3 Å². The summed E-state index contributed by atoms with van der Waals surface area (Å²) in [7, 11) is 2.02. The Balaban J connectivity index is 0.000000379. The molecule has 2 aromatic rings. The van der Waals surface area contributed by atoms with E-state index in [1.54, 1.807) is 0 Å². The molecule has 0 unspecified atom stereocenters. The second-order valence-electron chi connectivity index (χ2n) is 6.23. The molecule has 2 N–H and O–H groups in total. The van der Waals surface area contributed by atoms with Crippen LogP contribution in [-0.2, 0) is 7.05 Å². The molecule has 0 amide bonds. The van der Waals surface area contributed by atoms with Crippen molar-refractivity contribution in [2.24, 2.45) is 7.05 Å². The summed E-state index contributed by atoms with van der Waals surface area (Å²) >= 11 is 0.882. The predicted octanol–water partition coefficient (Wildman–Crippen LogP) is 5.76. The molecule has 0 aliphatic rings. The van der Waals surface area contributed by atoms with Gasteiger partial charge < -0.3 is 14.5 Å². The van der Waals surface area contributed by atoms with Gasteiger partial charge in [-0.25, -0.2) is 0 Å². The lowest BCUT2D eigenvalue weighted by molar-refractivity contribution is 0.624. The van der Waals surface area contributed by atoms with Gasteiger partial charge in [-0.15, -0.1) is 0 Å². The molecule has 0 atom stereocenters. The van der Waals surface area contributed by atoms with Crippen LogP contribution in [0.1, 0.15) is 38.8 Å². The van der Waals surface area contributed by atoms with E-state index >= 15 is 0 Å². The second-order valence-corrected chi connectivity index (χ2v) is 7.63. The Morgan fingerprint density at radius 2 is 1.96 bits per heavy atom. The zero-order valence-corrected chi connectivity index (χ0v) is 15.4. The first-order valence-corrected chi connectivity index (χ1v) is 8.26. The van der Waals surface area contributed by atoms with Crippen molar-refractivity contribution >= 4 is 34.7 Å². The molecule has 0 saturated carbocycles. The number of aryl methyl sites for hydroxylation is 1. The summed E-state index contributed by atoms with van der Waals surface area (Å²) in [6.45, 7) is 11.7. The number of rotatable bonds is 3. The van der Waals surface area contributed by atoms with Crippen LogP contribution in [0.5, 0.6) is 0 Å². The van der Waals surface area contributed by atoms with Crippen LogP contribution in [0.25, 0.3) is 16.5 Å². The maximum Gasteiger partial charge on any atom is 0.0490 e. The Labute approximate surface area is 143 Å². The van der Waals surface area contributed by atoms with Gasteiger partial charge in [0.25, 0.3) is 0 Å². The van der Waals surface area contributed by atoms with Gasteiger partial charge in [0.2, 0.25) is 0 Å². The van der Waals surface area contributed by atoms with Crippen LogP contribution in [0.2, 0.25) is 0 Å². The molecule has 2 rings (SSSR count). The van der Waals surface area contributed by atoms with Crippen LogP contribution < -0.4 is 0 Å². The smallest absolute Gasteiger partial charge is 0.0490 e. The molecule has 0 aliphatic carbocycles. The second kappa shape index (κ2) is 8.18. The van der Waals surface area contributed by atoms with Gasteiger partial charge in [-0.1, -0.05) is 30.9 Å². The van der Waals surface area contributed by atoms with Crippen LogP contribution in [0.4, 0.5) is 0 Å². The highest BCUT2D eigenvalue weighted by Crippen LogP contribution is 2.27. The summed E-state index contributed by atoms with van der Waals surface area (Å²) in [6.07, 6.45) is 7.41. The van der Waals surface area contributed by atoms with Crippen LogP contribution in [0, 0.1) is 5.41 Å². The first-order chi connectivity index (χ1) is 10.8. The highest BCUT2D eigenvalue weighted by molar-refractivity contribution is 7.95. The van der Waals surface area contributed by atoms with Crippen molar-refractivity contribution in [2.75, 3.05) is 0 Å². The molecule has 0 saturated heterocycles. The molecule has 23 heavy (non-hydrogen) atoms. The molecule has 0 spiro atoms. The Morgan fingerprint density at radius 1 is 1.35 bits per heavy atom. The SMILES string of the molecule is C=C/C(=C\C)c1cn(C)c2cc(C=N)ccc12.CC(C)(C)SO. The van der Waals surface area contributed by atoms with E-state index in [1.165, 1.54) is 17.2 Å². The maximum atomic E-state index is 8.32. The van der Waals surface area contributed by atoms with Crippen molar-refractivity contribution in [3.8, 4) is 0 Å². The summed E-state index contributed by atoms with van der Waals surface area (Å²) in [5.41, 5.74) is 4.39. The van der Waals surface area contributed by atoms with Gasteiger partial charge in [0, 0.05) is 40.7 Å². The van der Waals surface area contributed by atoms with Crippen molar-refractivity contribution < 1.29 is 4.55 Å². The molecule has 0 aliphatic heterocycles. The monoisotopic (exact) mass is 330 g/mol. The summed E-state index contributed by atoms with van der Waals surface area (Å²) < 4.78 is 10.4. The lowest BCUT2D eigenvalue weighted by Gasteiger charge is -2.09. The Kier molecular flexibility index (Phi) is 6.85. The van der Waals surface area contributed by atoms with E-state index in [-0.39, 0.29) is 4.75 Å². The molecule has 124 valence electrons. The Bertz CT molecular complexity index is 721. The highest BCUT2D eigenvalue weighted by Gasteiger charge is 2.08. The lowest BCUT2D eigenvalue weighted by atomic mass is 10.0. The van der Waals surface area contributed by atoms with E-state index in [1.807, 2.05) is 53.0 Å². The first kappa shape index (κ1) is 19.3. The number of allylic oxidation sites excluding steroid dienone is 3. The minimum Gasteiger partial charge on any atom is -0.350 e. The van der Waals surface area contributed by atoms with Crippen molar-refractivity contribution in [1.29, 1.82) is 5.41 Å². The summed E-state index contributed by atoms with van der Waals surface area (Å²) in [5, 5.41) is 8.49. The highest BCUT2D eigenvalue weighted by atomic mass is 32.2. The third-order valence-electron chi connectivity index (χ3n) is 3.30. The molecular formula is C19H26N2OS. The van der Waals surface area contributed by atoms with E-state index in [0.29, 0.717) is 0 Å². The molecular weight excluding hydrogens is 304 g/mol. The number of nitrogens with one attached hydrogen (secondary N) is 1. The van der Waals surface area contributed by atoms with Gasteiger partial charge >= 0.3 is 0 Å². The molecule has 0 bridgehead atoms. The minimum absolute atomic E-state index is 0.0139. The zero-order valence-electron chi connectivity index (χ0n) is 14.6. The van der Waals surface area contributed by atoms with Gasteiger partial charge in [0.05, 0.1) is 0 Å². The number of fused-ring (bicyclic) bond motifs is 1. The van der Waals surface area contributed by atoms with Gasteiger partial charge in [0.1, 0.15) is 0 Å². The van der Waals surface area contributed by atoms with Gasteiger partial charge in [-0.2, -0.15) is 0 Å². The largest absolute Gasteiger partial charge is 0.350 e. The fourth-order valence-electron chi connectivity index (χ4n) is 2.10.